The highest BCUT2D eigenvalue weighted by molar-refractivity contribution is 7.20. The van der Waals surface area contributed by atoms with Gasteiger partial charge in [-0.3, -0.25) is 0 Å². The molecule has 0 unspecified atom stereocenters. The van der Waals surface area contributed by atoms with Gasteiger partial charge in [-0.05, 0) is 117 Å². The van der Waals surface area contributed by atoms with Gasteiger partial charge >= 0.3 is 0 Å². The number of rotatable bonds is 12. The number of hydrogen-bond donors (Lipinski definition) is 0. The summed E-state index contributed by atoms with van der Waals surface area (Å²) < 4.78 is 0. The van der Waals surface area contributed by atoms with Crippen LogP contribution >= 0.6 is 0 Å². The molecule has 11 aromatic carbocycles. The van der Waals surface area contributed by atoms with Crippen molar-refractivity contribution in [1.29, 1.82) is 0 Å². The molecular formula is C69H55NSi2. The van der Waals surface area contributed by atoms with Gasteiger partial charge in [0.2, 0.25) is 0 Å². The SMILES string of the molecule is CC1(C)c2ccccc2-c2ccc(-c3ccc(N(c4ccc([Si](c5ccccc5)(c5ccccc5)c5ccccc5)cc4)c4ccc([Si](c5ccccc5)(c5ccccc5)c5ccccc5)cc4)cc3)cc21. The van der Waals surface area contributed by atoms with Crippen molar-refractivity contribution < 1.29 is 0 Å². The maximum absolute atomic E-state index is 2.74. The van der Waals surface area contributed by atoms with Crippen molar-refractivity contribution in [3.8, 4) is 22.3 Å². The van der Waals surface area contributed by atoms with Crippen LogP contribution in [0.15, 0.2) is 297 Å². The molecule has 0 aliphatic heterocycles. The topological polar surface area (TPSA) is 3.24 Å². The summed E-state index contributed by atoms with van der Waals surface area (Å²) in [6.07, 6.45) is 0. The van der Waals surface area contributed by atoms with E-state index in [1.807, 2.05) is 0 Å². The molecule has 11 aromatic rings. The molecule has 0 fully saturated rings. The zero-order valence-electron chi connectivity index (χ0n) is 40.7. The molecule has 0 saturated heterocycles. The summed E-state index contributed by atoms with van der Waals surface area (Å²) in [5.41, 5.74) is 11.1. The van der Waals surface area contributed by atoms with E-state index < -0.39 is 16.1 Å². The predicted molar refractivity (Wildman–Crippen MR) is 311 cm³/mol. The van der Waals surface area contributed by atoms with Crippen molar-refractivity contribution in [2.45, 2.75) is 19.3 Å². The molecule has 3 heteroatoms. The summed E-state index contributed by atoms with van der Waals surface area (Å²) in [6.45, 7) is 4.72. The molecule has 0 amide bonds. The lowest BCUT2D eigenvalue weighted by Gasteiger charge is -2.35. The largest absolute Gasteiger partial charge is 0.311 e. The molecule has 1 aliphatic carbocycles. The van der Waals surface area contributed by atoms with Gasteiger partial charge in [0.05, 0.1) is 0 Å². The fourth-order valence-electron chi connectivity index (χ4n) is 12.0. The monoisotopic (exact) mass is 953 g/mol. The van der Waals surface area contributed by atoms with Gasteiger partial charge in [0.1, 0.15) is 0 Å². The minimum Gasteiger partial charge on any atom is -0.311 e. The number of anilines is 3. The summed E-state index contributed by atoms with van der Waals surface area (Å²) >= 11 is 0. The number of fused-ring (bicyclic) bond motifs is 3. The number of nitrogens with zero attached hydrogens (tertiary/aromatic N) is 1. The molecule has 344 valence electrons. The molecule has 0 atom stereocenters. The third kappa shape index (κ3) is 7.52. The standard InChI is InChI=1S/C69H55NSi2/c1-69(2)67-36-22-21-35-65(67)66-50-39-53(51-68(66)69)52-37-40-54(41-38-52)70(55-42-46-63(47-43-55)71(57-23-9-3-10-24-57,58-25-11-4-12-26-58)59-27-13-5-14-28-59)56-44-48-64(49-45-56)72(60-29-15-6-16-30-60,61-31-17-7-18-32-61)62-33-19-8-20-34-62/h3-51H,1-2H3. The summed E-state index contributed by atoms with van der Waals surface area (Å²) in [4.78, 5) is 2.44. The maximum Gasteiger partial charge on any atom is 0.179 e. The Morgan fingerprint density at radius 1 is 0.250 bits per heavy atom. The van der Waals surface area contributed by atoms with Gasteiger partial charge in [-0.2, -0.15) is 0 Å². The normalized spacial score (nSPS) is 12.7. The lowest BCUT2D eigenvalue weighted by Crippen LogP contribution is -2.74. The minimum atomic E-state index is -2.74. The van der Waals surface area contributed by atoms with E-state index in [0.29, 0.717) is 0 Å². The van der Waals surface area contributed by atoms with E-state index >= 15 is 0 Å². The van der Waals surface area contributed by atoms with Crippen molar-refractivity contribution in [2.75, 3.05) is 4.90 Å². The number of benzene rings is 11. The summed E-state index contributed by atoms with van der Waals surface area (Å²) in [5.74, 6) is 0. The maximum atomic E-state index is 2.44. The van der Waals surface area contributed by atoms with Gasteiger partial charge in [-0.25, -0.2) is 0 Å². The van der Waals surface area contributed by atoms with Crippen LogP contribution in [0.25, 0.3) is 22.3 Å². The first-order valence-electron chi connectivity index (χ1n) is 25.2. The molecule has 0 spiro atoms. The van der Waals surface area contributed by atoms with Crippen LogP contribution in [0, 0.1) is 0 Å². The van der Waals surface area contributed by atoms with Crippen molar-refractivity contribution in [3.05, 3.63) is 308 Å². The molecule has 1 aliphatic rings. The van der Waals surface area contributed by atoms with E-state index in [1.165, 1.54) is 74.9 Å². The fraction of sp³-hybridized carbons (Fsp3) is 0.0435. The average molecular weight is 954 g/mol. The Morgan fingerprint density at radius 3 is 0.889 bits per heavy atom. The van der Waals surface area contributed by atoms with Crippen LogP contribution in [0.4, 0.5) is 17.1 Å². The summed E-state index contributed by atoms with van der Waals surface area (Å²) in [5, 5.41) is 10.8. The van der Waals surface area contributed by atoms with E-state index in [-0.39, 0.29) is 5.41 Å². The lowest BCUT2D eigenvalue weighted by molar-refractivity contribution is 0.660. The first-order valence-corrected chi connectivity index (χ1v) is 29.2. The van der Waals surface area contributed by atoms with Crippen molar-refractivity contribution >= 4 is 74.7 Å². The highest BCUT2D eigenvalue weighted by atomic mass is 28.3. The molecule has 0 heterocycles. The predicted octanol–water partition coefficient (Wildman–Crippen LogP) is 11.9. The highest BCUT2D eigenvalue weighted by Gasteiger charge is 2.43. The van der Waals surface area contributed by atoms with Gasteiger partial charge in [0.15, 0.2) is 16.1 Å². The molecule has 72 heavy (non-hydrogen) atoms. The first-order chi connectivity index (χ1) is 35.5. The summed E-state index contributed by atoms with van der Waals surface area (Å²) in [7, 11) is -5.48. The van der Waals surface area contributed by atoms with E-state index in [4.69, 9.17) is 0 Å². The van der Waals surface area contributed by atoms with E-state index in [2.05, 4.69) is 316 Å². The van der Waals surface area contributed by atoms with Crippen LogP contribution in [0.2, 0.25) is 0 Å². The van der Waals surface area contributed by atoms with Crippen molar-refractivity contribution in [1.82, 2.24) is 0 Å². The van der Waals surface area contributed by atoms with Gasteiger partial charge in [-0.1, -0.05) is 269 Å². The van der Waals surface area contributed by atoms with E-state index in [9.17, 15) is 0 Å². The molecule has 12 rings (SSSR count). The van der Waals surface area contributed by atoms with Crippen LogP contribution in [0.1, 0.15) is 25.0 Å². The van der Waals surface area contributed by atoms with Crippen LogP contribution in [-0.2, 0) is 5.41 Å². The zero-order valence-corrected chi connectivity index (χ0v) is 42.7. The highest BCUT2D eigenvalue weighted by Crippen LogP contribution is 2.49. The molecule has 0 N–H and O–H groups in total. The Balaban J connectivity index is 1.01. The third-order valence-corrected chi connectivity index (χ3v) is 25.0. The Labute approximate surface area is 427 Å². The van der Waals surface area contributed by atoms with Crippen LogP contribution in [-0.4, -0.2) is 16.1 Å². The minimum absolute atomic E-state index is 0.0685. The average Bonchev–Trinajstić information content (AvgIpc) is 3.69. The Kier molecular flexibility index (Phi) is 11.7. The van der Waals surface area contributed by atoms with Gasteiger partial charge in [0, 0.05) is 22.5 Å². The molecule has 0 aromatic heterocycles. The lowest BCUT2D eigenvalue weighted by atomic mass is 9.81. The Bertz CT molecular complexity index is 3240. The molecule has 0 bridgehead atoms. The molecule has 0 radical (unpaired) electrons. The molecule has 0 saturated carbocycles. The quantitative estimate of drug-likeness (QED) is 0.0871. The fourth-order valence-corrected chi connectivity index (χ4v) is 21.5. The van der Waals surface area contributed by atoms with Gasteiger partial charge in [-0.15, -0.1) is 0 Å². The van der Waals surface area contributed by atoms with Gasteiger partial charge < -0.3 is 4.90 Å². The zero-order chi connectivity index (χ0) is 48.5. The smallest absolute Gasteiger partial charge is 0.179 e. The molecule has 1 nitrogen and oxygen atoms in total. The van der Waals surface area contributed by atoms with Crippen molar-refractivity contribution in [2.24, 2.45) is 0 Å². The second-order valence-electron chi connectivity index (χ2n) is 19.6. The second kappa shape index (κ2) is 18.8. The van der Waals surface area contributed by atoms with Crippen molar-refractivity contribution in [3.63, 3.8) is 0 Å². The summed E-state index contributed by atoms with van der Waals surface area (Å²) in [6, 6.07) is 111. The Morgan fingerprint density at radius 2 is 0.528 bits per heavy atom. The van der Waals surface area contributed by atoms with E-state index in [1.54, 1.807) is 0 Å². The number of hydrogen-bond acceptors (Lipinski definition) is 1. The van der Waals surface area contributed by atoms with Crippen LogP contribution < -0.4 is 46.4 Å². The van der Waals surface area contributed by atoms with Crippen LogP contribution in [0.5, 0.6) is 0 Å². The Hall–Kier alpha value is -8.35. The van der Waals surface area contributed by atoms with Crippen LogP contribution in [0.3, 0.4) is 0 Å². The van der Waals surface area contributed by atoms with E-state index in [0.717, 1.165) is 17.1 Å². The third-order valence-electron chi connectivity index (χ3n) is 15.4. The molecular weight excluding hydrogens is 899 g/mol. The second-order valence-corrected chi connectivity index (χ2v) is 27.2. The first kappa shape index (κ1) is 44.8. The van der Waals surface area contributed by atoms with Gasteiger partial charge in [0.25, 0.3) is 0 Å².